The summed E-state index contributed by atoms with van der Waals surface area (Å²) in [6, 6.07) is 4.78. The summed E-state index contributed by atoms with van der Waals surface area (Å²) in [4.78, 5) is 10.6. The molecule has 0 heterocycles. The summed E-state index contributed by atoms with van der Waals surface area (Å²) in [6.45, 7) is 0.238. The number of ether oxygens (including phenoxy) is 2. The number of rotatable bonds is 5. The molecule has 0 saturated carbocycles. The van der Waals surface area contributed by atoms with E-state index in [0.717, 1.165) is 0 Å². The lowest BCUT2D eigenvalue weighted by Gasteiger charge is -2.09. The number of hydrogen-bond donors (Lipinski definition) is 0. The molecule has 0 N–H and O–H groups in total. The van der Waals surface area contributed by atoms with E-state index < -0.39 is 0 Å². The molecule has 1 aromatic rings. The molecule has 0 aliphatic heterocycles. The number of terminal acetylenes is 2. The first kappa shape index (κ1) is 11.7. The van der Waals surface area contributed by atoms with Gasteiger partial charge < -0.3 is 9.47 Å². The van der Waals surface area contributed by atoms with Gasteiger partial charge in [0.2, 0.25) is 0 Å². The first-order chi connectivity index (χ1) is 7.81. The highest BCUT2D eigenvalue weighted by atomic mass is 16.5. The largest absolute Gasteiger partial charge is 0.477 e. The highest BCUT2D eigenvalue weighted by molar-refractivity contribution is 5.76. The van der Waals surface area contributed by atoms with Gasteiger partial charge in [0.15, 0.2) is 11.5 Å². The Morgan fingerprint density at radius 1 is 1.12 bits per heavy atom. The topological polar surface area (TPSA) is 35.5 Å². The van der Waals surface area contributed by atoms with Crippen LogP contribution in [-0.4, -0.2) is 19.5 Å². The molecule has 1 rings (SSSR count). The van der Waals surface area contributed by atoms with E-state index in [-0.39, 0.29) is 13.2 Å². The van der Waals surface area contributed by atoms with E-state index in [0.29, 0.717) is 23.3 Å². The number of carbonyl (C=O) groups is 1. The minimum absolute atomic E-state index is 0.106. The summed E-state index contributed by atoms with van der Waals surface area (Å²) in [7, 11) is 0. The van der Waals surface area contributed by atoms with Gasteiger partial charge in [0, 0.05) is 5.56 Å². The first-order valence-corrected chi connectivity index (χ1v) is 4.53. The van der Waals surface area contributed by atoms with Crippen LogP contribution < -0.4 is 9.47 Å². The van der Waals surface area contributed by atoms with Gasteiger partial charge in [0.25, 0.3) is 0 Å². The second-order valence-electron chi connectivity index (χ2n) is 2.81. The molecule has 0 fully saturated rings. The molecule has 1 aromatic carbocycles. The van der Waals surface area contributed by atoms with Crippen molar-refractivity contribution in [2.45, 2.75) is 0 Å². The molecule has 3 heteroatoms. The molecule has 0 saturated heterocycles. The van der Waals surface area contributed by atoms with Crippen LogP contribution in [0.1, 0.15) is 10.4 Å². The Bertz CT molecular complexity index is 449. The summed E-state index contributed by atoms with van der Waals surface area (Å²) in [5, 5.41) is 0. The van der Waals surface area contributed by atoms with Crippen molar-refractivity contribution in [2.75, 3.05) is 13.2 Å². The van der Waals surface area contributed by atoms with Crippen LogP contribution >= 0.6 is 0 Å². The van der Waals surface area contributed by atoms with Crippen molar-refractivity contribution < 1.29 is 14.3 Å². The minimum Gasteiger partial charge on any atom is -0.477 e. The molecule has 0 atom stereocenters. The van der Waals surface area contributed by atoms with Gasteiger partial charge in [0.05, 0.1) is 0 Å². The molecule has 16 heavy (non-hydrogen) atoms. The monoisotopic (exact) mass is 214 g/mol. The SMILES string of the molecule is C#CCOc1ccc(C=O)cc1OCC#C. The first-order valence-electron chi connectivity index (χ1n) is 4.53. The average molecular weight is 214 g/mol. The van der Waals surface area contributed by atoms with Gasteiger partial charge >= 0.3 is 0 Å². The quantitative estimate of drug-likeness (QED) is 0.550. The van der Waals surface area contributed by atoms with E-state index >= 15 is 0 Å². The van der Waals surface area contributed by atoms with Crippen LogP contribution in [0.5, 0.6) is 11.5 Å². The van der Waals surface area contributed by atoms with Gasteiger partial charge in [-0.05, 0) is 18.2 Å². The molecule has 0 unspecified atom stereocenters. The second kappa shape index (κ2) is 6.16. The maximum Gasteiger partial charge on any atom is 0.163 e. The van der Waals surface area contributed by atoms with Gasteiger partial charge in [-0.2, -0.15) is 0 Å². The normalized spacial score (nSPS) is 8.62. The average Bonchev–Trinajstić information content (AvgIpc) is 2.34. The minimum atomic E-state index is 0.106. The Hall–Kier alpha value is -2.39. The van der Waals surface area contributed by atoms with Crippen LogP contribution in [0.3, 0.4) is 0 Å². The Balaban J connectivity index is 2.93. The number of aldehydes is 1. The molecule has 3 nitrogen and oxygen atoms in total. The van der Waals surface area contributed by atoms with E-state index in [2.05, 4.69) is 11.8 Å². The fourth-order valence-electron chi connectivity index (χ4n) is 1.07. The van der Waals surface area contributed by atoms with Gasteiger partial charge in [-0.15, -0.1) is 12.8 Å². The van der Waals surface area contributed by atoms with Crippen molar-refractivity contribution in [3.05, 3.63) is 23.8 Å². The van der Waals surface area contributed by atoms with E-state index in [9.17, 15) is 4.79 Å². The molecule has 0 spiro atoms. The van der Waals surface area contributed by atoms with Gasteiger partial charge in [0.1, 0.15) is 19.5 Å². The van der Waals surface area contributed by atoms with Crippen LogP contribution in [0.2, 0.25) is 0 Å². The van der Waals surface area contributed by atoms with E-state index in [1.165, 1.54) is 0 Å². The standard InChI is InChI=1S/C13H10O3/c1-3-7-15-12-6-5-11(10-14)9-13(12)16-8-4-2/h1-2,5-6,9-10H,7-8H2. The Morgan fingerprint density at radius 3 is 2.31 bits per heavy atom. The van der Waals surface area contributed by atoms with Crippen molar-refractivity contribution in [1.29, 1.82) is 0 Å². The molecule has 0 aliphatic carbocycles. The van der Waals surface area contributed by atoms with Crippen LogP contribution in [0.15, 0.2) is 18.2 Å². The third kappa shape index (κ3) is 3.08. The van der Waals surface area contributed by atoms with Crippen LogP contribution in [0.25, 0.3) is 0 Å². The fraction of sp³-hybridized carbons (Fsp3) is 0.154. The van der Waals surface area contributed by atoms with Crippen LogP contribution in [0, 0.1) is 24.7 Å². The number of benzene rings is 1. The summed E-state index contributed by atoms with van der Waals surface area (Å²) in [5.41, 5.74) is 0.486. The molecular weight excluding hydrogens is 204 g/mol. The van der Waals surface area contributed by atoms with Crippen molar-refractivity contribution in [3.63, 3.8) is 0 Å². The van der Waals surface area contributed by atoms with Gasteiger partial charge in [-0.1, -0.05) is 11.8 Å². The maximum atomic E-state index is 10.6. The lowest BCUT2D eigenvalue weighted by Crippen LogP contribution is -2.00. The maximum absolute atomic E-state index is 10.6. The van der Waals surface area contributed by atoms with Crippen molar-refractivity contribution in [2.24, 2.45) is 0 Å². The lowest BCUT2D eigenvalue weighted by atomic mass is 10.2. The molecule has 0 aromatic heterocycles. The molecule has 80 valence electrons. The molecule has 0 amide bonds. The lowest BCUT2D eigenvalue weighted by molar-refractivity contribution is 0.112. The smallest absolute Gasteiger partial charge is 0.163 e. The zero-order valence-electron chi connectivity index (χ0n) is 8.60. The van der Waals surface area contributed by atoms with Gasteiger partial charge in [-0.25, -0.2) is 0 Å². The highest BCUT2D eigenvalue weighted by Gasteiger charge is 2.05. The number of carbonyl (C=O) groups excluding carboxylic acids is 1. The highest BCUT2D eigenvalue weighted by Crippen LogP contribution is 2.27. The third-order valence-electron chi connectivity index (χ3n) is 1.73. The molecular formula is C13H10O3. The Labute approximate surface area is 94.4 Å². The van der Waals surface area contributed by atoms with Crippen molar-refractivity contribution >= 4 is 6.29 Å². The summed E-state index contributed by atoms with van der Waals surface area (Å²) < 4.78 is 10.5. The van der Waals surface area contributed by atoms with Crippen LogP contribution in [0.4, 0.5) is 0 Å². The third-order valence-corrected chi connectivity index (χ3v) is 1.73. The Kier molecular flexibility index (Phi) is 4.50. The van der Waals surface area contributed by atoms with Crippen molar-refractivity contribution in [1.82, 2.24) is 0 Å². The zero-order chi connectivity index (χ0) is 11.8. The molecule has 0 aliphatic rings. The molecule has 0 radical (unpaired) electrons. The van der Waals surface area contributed by atoms with E-state index in [4.69, 9.17) is 22.3 Å². The summed E-state index contributed by atoms with van der Waals surface area (Å²) in [5.74, 6) is 5.56. The van der Waals surface area contributed by atoms with Gasteiger partial charge in [-0.3, -0.25) is 4.79 Å². The van der Waals surface area contributed by atoms with E-state index in [1.54, 1.807) is 18.2 Å². The van der Waals surface area contributed by atoms with Crippen LogP contribution in [-0.2, 0) is 0 Å². The van der Waals surface area contributed by atoms with Crippen molar-refractivity contribution in [3.8, 4) is 36.2 Å². The predicted octanol–water partition coefficient (Wildman–Crippen LogP) is 1.52. The zero-order valence-corrected chi connectivity index (χ0v) is 8.60. The fourth-order valence-corrected chi connectivity index (χ4v) is 1.07. The van der Waals surface area contributed by atoms with E-state index in [1.807, 2.05) is 0 Å². The second-order valence-corrected chi connectivity index (χ2v) is 2.81. The number of hydrogen-bond acceptors (Lipinski definition) is 3. The molecule has 0 bridgehead atoms. The summed E-state index contributed by atoms with van der Waals surface area (Å²) in [6.07, 6.45) is 10.9. The Morgan fingerprint density at radius 2 is 1.75 bits per heavy atom. The predicted molar refractivity (Wildman–Crippen MR) is 60.5 cm³/mol. The summed E-state index contributed by atoms with van der Waals surface area (Å²) >= 11 is 0.